The summed E-state index contributed by atoms with van der Waals surface area (Å²) in [5, 5.41) is 16.6. The van der Waals surface area contributed by atoms with Crippen LogP contribution in [0.2, 0.25) is 0 Å². The Morgan fingerprint density at radius 1 is 0.911 bits per heavy atom. The van der Waals surface area contributed by atoms with E-state index in [0.717, 1.165) is 92.5 Å². The van der Waals surface area contributed by atoms with Gasteiger partial charge in [-0.1, -0.05) is 51.1 Å². The first-order valence-corrected chi connectivity index (χ1v) is 15.9. The second-order valence-corrected chi connectivity index (χ2v) is 12.7. The van der Waals surface area contributed by atoms with E-state index in [4.69, 9.17) is 19.3 Å². The molecule has 238 valence electrons. The summed E-state index contributed by atoms with van der Waals surface area (Å²) in [4.78, 5) is 15.8. The Bertz CT molecular complexity index is 1600. The Hall–Kier alpha value is -4.12. The number of nitrogens with one attached hydrogen (secondary N) is 3. The molecule has 0 spiro atoms. The fourth-order valence-corrected chi connectivity index (χ4v) is 5.72. The van der Waals surface area contributed by atoms with Crippen LogP contribution in [0.4, 0.5) is 22.0 Å². The van der Waals surface area contributed by atoms with E-state index in [1.807, 2.05) is 54.6 Å². The summed E-state index contributed by atoms with van der Waals surface area (Å²) in [6.07, 6.45) is 1.95. The molecule has 2 fully saturated rings. The molecule has 0 radical (unpaired) electrons. The number of fused-ring (bicyclic) bond motifs is 1. The zero-order valence-electron chi connectivity index (χ0n) is 26.5. The SMILES string of the molecule is CC(C)(C)c1cc(NC(=O)Nc2ccc(OCCN3CCOCC3)c3ccccc23)n(-c2cccc(NC3CCOCC3)c2)n1. The lowest BCUT2D eigenvalue weighted by atomic mass is 9.92. The average Bonchev–Trinajstić information content (AvgIpc) is 3.48. The van der Waals surface area contributed by atoms with Crippen molar-refractivity contribution in [1.82, 2.24) is 14.7 Å². The summed E-state index contributed by atoms with van der Waals surface area (Å²) >= 11 is 0. The van der Waals surface area contributed by atoms with E-state index < -0.39 is 0 Å². The van der Waals surface area contributed by atoms with Gasteiger partial charge in [-0.3, -0.25) is 10.2 Å². The fourth-order valence-electron chi connectivity index (χ4n) is 5.72. The minimum absolute atomic E-state index is 0.204. The third-order valence-corrected chi connectivity index (χ3v) is 8.30. The number of carbonyl (C=O) groups excluding carboxylic acids is 1. The molecule has 3 N–H and O–H groups in total. The van der Waals surface area contributed by atoms with E-state index in [-0.39, 0.29) is 11.4 Å². The molecule has 10 nitrogen and oxygen atoms in total. The zero-order chi connectivity index (χ0) is 31.2. The third-order valence-electron chi connectivity index (χ3n) is 8.30. The predicted octanol–water partition coefficient (Wildman–Crippen LogP) is 6.27. The highest BCUT2D eigenvalue weighted by atomic mass is 16.5. The molecule has 0 atom stereocenters. The molecule has 0 aliphatic carbocycles. The van der Waals surface area contributed by atoms with Gasteiger partial charge in [-0.05, 0) is 43.2 Å². The number of nitrogens with zero attached hydrogens (tertiary/aromatic N) is 3. The molecular weight excluding hydrogens is 568 g/mol. The zero-order valence-corrected chi connectivity index (χ0v) is 26.5. The Morgan fingerprint density at radius 2 is 1.67 bits per heavy atom. The number of rotatable bonds is 9. The first kappa shape index (κ1) is 30.9. The van der Waals surface area contributed by atoms with Crippen LogP contribution in [0.3, 0.4) is 0 Å². The van der Waals surface area contributed by atoms with E-state index in [1.165, 1.54) is 0 Å². The minimum atomic E-state index is -0.348. The number of carbonyl (C=O) groups is 1. The van der Waals surface area contributed by atoms with E-state index in [9.17, 15) is 4.79 Å². The molecule has 4 aromatic rings. The number of urea groups is 1. The summed E-state index contributed by atoms with van der Waals surface area (Å²) in [6, 6.07) is 21.9. The van der Waals surface area contributed by atoms with Gasteiger partial charge >= 0.3 is 6.03 Å². The quantitative estimate of drug-likeness (QED) is 0.205. The Morgan fingerprint density at radius 3 is 2.44 bits per heavy atom. The van der Waals surface area contributed by atoms with E-state index in [2.05, 4.69) is 53.8 Å². The molecule has 2 amide bonds. The van der Waals surface area contributed by atoms with E-state index in [0.29, 0.717) is 24.2 Å². The van der Waals surface area contributed by atoms with Crippen molar-refractivity contribution in [2.75, 3.05) is 68.6 Å². The van der Waals surface area contributed by atoms with Crippen molar-refractivity contribution >= 4 is 34.0 Å². The van der Waals surface area contributed by atoms with Crippen molar-refractivity contribution < 1.29 is 19.0 Å². The summed E-state index contributed by atoms with van der Waals surface area (Å²) in [6.45, 7) is 12.7. The van der Waals surface area contributed by atoms with E-state index >= 15 is 0 Å². The lowest BCUT2D eigenvalue weighted by Crippen LogP contribution is -2.38. The lowest BCUT2D eigenvalue weighted by Gasteiger charge is -2.26. The first-order chi connectivity index (χ1) is 21.8. The van der Waals surface area contributed by atoms with Crippen molar-refractivity contribution in [3.63, 3.8) is 0 Å². The maximum Gasteiger partial charge on any atom is 0.324 e. The number of anilines is 3. The average molecular weight is 613 g/mol. The van der Waals surface area contributed by atoms with Gasteiger partial charge in [0.25, 0.3) is 0 Å². The van der Waals surface area contributed by atoms with Crippen molar-refractivity contribution in [2.45, 2.75) is 45.1 Å². The number of aromatic nitrogens is 2. The smallest absolute Gasteiger partial charge is 0.324 e. The van der Waals surface area contributed by atoms with Crippen LogP contribution < -0.4 is 20.7 Å². The Balaban J connectivity index is 1.19. The van der Waals surface area contributed by atoms with Crippen LogP contribution in [0.1, 0.15) is 39.3 Å². The number of hydrogen-bond donors (Lipinski definition) is 3. The van der Waals surface area contributed by atoms with Gasteiger partial charge in [0.2, 0.25) is 0 Å². The molecule has 6 rings (SSSR count). The molecule has 1 aromatic heterocycles. The van der Waals surface area contributed by atoms with Gasteiger partial charge in [0.1, 0.15) is 18.2 Å². The molecule has 0 saturated carbocycles. The van der Waals surface area contributed by atoms with Crippen LogP contribution in [0.25, 0.3) is 16.5 Å². The van der Waals surface area contributed by atoms with Gasteiger partial charge in [-0.25, -0.2) is 9.48 Å². The van der Waals surface area contributed by atoms with Crippen LogP contribution in [0.5, 0.6) is 5.75 Å². The summed E-state index contributed by atoms with van der Waals surface area (Å²) in [5.74, 6) is 1.39. The number of amides is 2. The van der Waals surface area contributed by atoms with Crippen molar-refractivity contribution in [2.24, 2.45) is 0 Å². The highest BCUT2D eigenvalue weighted by Crippen LogP contribution is 2.32. The highest BCUT2D eigenvalue weighted by Gasteiger charge is 2.22. The van der Waals surface area contributed by atoms with Gasteiger partial charge in [-0.2, -0.15) is 5.10 Å². The molecule has 45 heavy (non-hydrogen) atoms. The van der Waals surface area contributed by atoms with E-state index in [1.54, 1.807) is 4.68 Å². The molecule has 3 aromatic carbocycles. The van der Waals surface area contributed by atoms with Gasteiger partial charge in [0, 0.05) is 66.8 Å². The van der Waals surface area contributed by atoms with Crippen LogP contribution in [0, 0.1) is 0 Å². The van der Waals surface area contributed by atoms with Crippen molar-refractivity contribution in [1.29, 1.82) is 0 Å². The topological polar surface area (TPSA) is 102 Å². The fraction of sp³-hybridized carbons (Fsp3) is 0.429. The number of morpholine rings is 1. The van der Waals surface area contributed by atoms with Crippen molar-refractivity contribution in [3.05, 3.63) is 72.4 Å². The molecule has 0 unspecified atom stereocenters. The second-order valence-electron chi connectivity index (χ2n) is 12.7. The van der Waals surface area contributed by atoms with Crippen LogP contribution >= 0.6 is 0 Å². The maximum atomic E-state index is 13.5. The van der Waals surface area contributed by atoms with Gasteiger partial charge < -0.3 is 24.8 Å². The van der Waals surface area contributed by atoms with Crippen LogP contribution in [0.15, 0.2) is 66.7 Å². The highest BCUT2D eigenvalue weighted by molar-refractivity contribution is 6.07. The van der Waals surface area contributed by atoms with Crippen molar-refractivity contribution in [3.8, 4) is 11.4 Å². The standard InChI is InChI=1S/C35H44N6O4/c1-35(2,3)32-24-33(41(39-32)27-8-6-7-26(23-27)36-25-13-18-43-19-14-25)38-34(42)37-30-11-12-31(29-10-5-4-9-28(29)30)45-22-17-40-15-20-44-21-16-40/h4-12,23-25,36H,13-22H2,1-3H3,(H2,37,38,42). The maximum absolute atomic E-state index is 13.5. The normalized spacial score (nSPS) is 16.4. The van der Waals surface area contributed by atoms with Crippen LogP contribution in [-0.2, 0) is 14.9 Å². The summed E-state index contributed by atoms with van der Waals surface area (Å²) in [7, 11) is 0. The second kappa shape index (κ2) is 13.9. The Labute approximate surface area is 265 Å². The molecule has 10 heteroatoms. The first-order valence-electron chi connectivity index (χ1n) is 15.9. The molecule has 2 saturated heterocycles. The number of hydrogen-bond acceptors (Lipinski definition) is 7. The monoisotopic (exact) mass is 612 g/mol. The summed E-state index contributed by atoms with van der Waals surface area (Å²) in [5.41, 5.74) is 3.26. The molecule has 2 aliphatic rings. The number of ether oxygens (including phenoxy) is 3. The molecule has 0 bridgehead atoms. The third kappa shape index (κ3) is 7.76. The van der Waals surface area contributed by atoms with Gasteiger partial charge in [0.05, 0.1) is 30.3 Å². The molecule has 2 aliphatic heterocycles. The largest absolute Gasteiger partial charge is 0.492 e. The molecular formula is C35H44N6O4. The van der Waals surface area contributed by atoms with Gasteiger partial charge in [0.15, 0.2) is 0 Å². The number of benzene rings is 3. The van der Waals surface area contributed by atoms with Gasteiger partial charge in [-0.15, -0.1) is 0 Å². The minimum Gasteiger partial charge on any atom is -0.492 e. The molecule has 3 heterocycles. The summed E-state index contributed by atoms with van der Waals surface area (Å²) < 4.78 is 19.0. The predicted molar refractivity (Wildman–Crippen MR) is 179 cm³/mol. The Kier molecular flexibility index (Phi) is 9.53. The van der Waals surface area contributed by atoms with Crippen LogP contribution in [-0.4, -0.2) is 79.4 Å². The lowest BCUT2D eigenvalue weighted by molar-refractivity contribution is 0.0323.